The Hall–Kier alpha value is -1.03. The lowest BCUT2D eigenvalue weighted by molar-refractivity contribution is 0.0946. The van der Waals surface area contributed by atoms with Crippen molar-refractivity contribution in [3.8, 4) is 0 Å². The number of thiophene rings is 1. The van der Waals surface area contributed by atoms with Gasteiger partial charge in [0.25, 0.3) is 5.91 Å². The molecule has 1 amide bonds. The van der Waals surface area contributed by atoms with Crippen LogP contribution in [0.25, 0.3) is 0 Å². The van der Waals surface area contributed by atoms with Gasteiger partial charge >= 0.3 is 0 Å². The minimum Gasteiger partial charge on any atom is -0.351 e. The van der Waals surface area contributed by atoms with Crippen LogP contribution >= 0.6 is 34.5 Å². The maximum absolute atomic E-state index is 12.2. The molecule has 1 aromatic carbocycles. The number of hydrogen-bond donors (Lipinski definition) is 1. The van der Waals surface area contributed by atoms with E-state index in [9.17, 15) is 4.79 Å². The van der Waals surface area contributed by atoms with Crippen LogP contribution in [0.2, 0.25) is 10.0 Å². The molecule has 0 aliphatic rings. The van der Waals surface area contributed by atoms with Crippen molar-refractivity contribution in [3.63, 3.8) is 0 Å². The Balaban J connectivity index is 2.05. The van der Waals surface area contributed by atoms with E-state index in [1.54, 1.807) is 29.5 Å². The highest BCUT2D eigenvalue weighted by atomic mass is 35.5. The van der Waals surface area contributed by atoms with Crippen molar-refractivity contribution in [2.75, 3.05) is 6.54 Å². The second kappa shape index (κ2) is 6.17. The predicted octanol–water partition coefficient (Wildman–Crippen LogP) is 4.76. The van der Waals surface area contributed by atoms with Gasteiger partial charge in [0.2, 0.25) is 0 Å². The third-order valence-electron chi connectivity index (χ3n) is 3.17. The van der Waals surface area contributed by atoms with Gasteiger partial charge in [0.15, 0.2) is 0 Å². The molecule has 0 aliphatic heterocycles. The lowest BCUT2D eigenvalue weighted by Gasteiger charge is -2.24. The average molecular weight is 328 g/mol. The van der Waals surface area contributed by atoms with Gasteiger partial charge < -0.3 is 5.32 Å². The smallest absolute Gasteiger partial charge is 0.252 e. The van der Waals surface area contributed by atoms with E-state index in [0.717, 1.165) is 0 Å². The third-order valence-corrected chi connectivity index (χ3v) is 4.40. The molecule has 2 aromatic rings. The van der Waals surface area contributed by atoms with E-state index >= 15 is 0 Å². The van der Waals surface area contributed by atoms with Gasteiger partial charge in [0.05, 0.1) is 10.6 Å². The van der Waals surface area contributed by atoms with Crippen LogP contribution in [0.5, 0.6) is 0 Å². The molecule has 0 unspecified atom stereocenters. The molecule has 0 spiro atoms. The maximum Gasteiger partial charge on any atom is 0.252 e. The largest absolute Gasteiger partial charge is 0.351 e. The van der Waals surface area contributed by atoms with Crippen LogP contribution in [0.4, 0.5) is 0 Å². The van der Waals surface area contributed by atoms with E-state index in [0.29, 0.717) is 22.2 Å². The van der Waals surface area contributed by atoms with Crippen molar-refractivity contribution in [1.82, 2.24) is 5.32 Å². The number of hydrogen-bond acceptors (Lipinski definition) is 2. The Morgan fingerprint density at radius 2 is 2.05 bits per heavy atom. The van der Waals surface area contributed by atoms with Gasteiger partial charge in [-0.15, -0.1) is 0 Å². The molecule has 0 atom stereocenters. The fraction of sp³-hybridized carbons (Fsp3) is 0.267. The van der Waals surface area contributed by atoms with E-state index in [1.807, 2.05) is 5.38 Å². The summed E-state index contributed by atoms with van der Waals surface area (Å²) in [6.45, 7) is 4.74. The summed E-state index contributed by atoms with van der Waals surface area (Å²) in [7, 11) is 0. The van der Waals surface area contributed by atoms with E-state index < -0.39 is 0 Å². The highest BCUT2D eigenvalue weighted by Crippen LogP contribution is 2.25. The number of rotatable bonds is 4. The van der Waals surface area contributed by atoms with Crippen LogP contribution in [-0.2, 0) is 5.41 Å². The molecular weight excluding hydrogens is 313 g/mol. The second-order valence-corrected chi connectivity index (χ2v) is 6.83. The summed E-state index contributed by atoms with van der Waals surface area (Å²) in [5.41, 5.74) is 1.54. The minimum absolute atomic E-state index is 0.117. The predicted molar refractivity (Wildman–Crippen MR) is 86.1 cm³/mol. The summed E-state index contributed by atoms with van der Waals surface area (Å²) >= 11 is 13.5. The van der Waals surface area contributed by atoms with Gasteiger partial charge in [0, 0.05) is 17.0 Å². The SMILES string of the molecule is CC(C)(CNC(=O)c1ccc(Cl)cc1Cl)c1ccsc1. The molecule has 0 saturated heterocycles. The first-order valence-electron chi connectivity index (χ1n) is 6.16. The van der Waals surface area contributed by atoms with E-state index in [-0.39, 0.29) is 11.3 Å². The van der Waals surface area contributed by atoms with Crippen LogP contribution in [0.1, 0.15) is 29.8 Å². The number of carbonyl (C=O) groups excluding carboxylic acids is 1. The first-order valence-corrected chi connectivity index (χ1v) is 7.86. The summed E-state index contributed by atoms with van der Waals surface area (Å²) < 4.78 is 0. The van der Waals surface area contributed by atoms with Crippen LogP contribution in [0.15, 0.2) is 35.0 Å². The number of amides is 1. The minimum atomic E-state index is -0.185. The Bertz CT molecular complexity index is 608. The van der Waals surface area contributed by atoms with E-state index in [4.69, 9.17) is 23.2 Å². The van der Waals surface area contributed by atoms with Crippen molar-refractivity contribution in [2.45, 2.75) is 19.3 Å². The number of nitrogens with one attached hydrogen (secondary N) is 1. The van der Waals surface area contributed by atoms with Crippen molar-refractivity contribution in [2.24, 2.45) is 0 Å². The number of carbonyl (C=O) groups is 1. The van der Waals surface area contributed by atoms with E-state index in [2.05, 4.69) is 30.6 Å². The molecule has 5 heteroatoms. The third kappa shape index (κ3) is 3.54. The average Bonchev–Trinajstić information content (AvgIpc) is 2.90. The topological polar surface area (TPSA) is 29.1 Å². The Kier molecular flexibility index (Phi) is 4.74. The lowest BCUT2D eigenvalue weighted by Crippen LogP contribution is -2.36. The van der Waals surface area contributed by atoms with Crippen LogP contribution in [0.3, 0.4) is 0 Å². The highest BCUT2D eigenvalue weighted by molar-refractivity contribution is 7.08. The van der Waals surface area contributed by atoms with Crippen molar-refractivity contribution < 1.29 is 4.79 Å². The normalized spacial score (nSPS) is 11.4. The standard InChI is InChI=1S/C15H15Cl2NOS/c1-15(2,10-5-6-20-8-10)9-18-14(19)12-4-3-11(16)7-13(12)17/h3-8H,9H2,1-2H3,(H,18,19). The Morgan fingerprint density at radius 1 is 1.30 bits per heavy atom. The van der Waals surface area contributed by atoms with Gasteiger partial charge in [-0.25, -0.2) is 0 Å². The molecule has 0 radical (unpaired) electrons. The Labute approximate surface area is 132 Å². The summed E-state index contributed by atoms with van der Waals surface area (Å²) in [4.78, 5) is 12.2. The lowest BCUT2D eigenvalue weighted by atomic mass is 9.86. The molecule has 1 N–H and O–H groups in total. The fourth-order valence-electron chi connectivity index (χ4n) is 1.82. The maximum atomic E-state index is 12.2. The van der Waals surface area contributed by atoms with Crippen molar-refractivity contribution in [1.29, 1.82) is 0 Å². The molecule has 0 bridgehead atoms. The number of halogens is 2. The molecule has 2 rings (SSSR count). The quantitative estimate of drug-likeness (QED) is 0.861. The van der Waals surface area contributed by atoms with Crippen molar-refractivity contribution in [3.05, 3.63) is 56.2 Å². The monoisotopic (exact) mass is 327 g/mol. The summed E-state index contributed by atoms with van der Waals surface area (Å²) in [5, 5.41) is 7.94. The first-order chi connectivity index (χ1) is 9.40. The summed E-state index contributed by atoms with van der Waals surface area (Å²) in [6, 6.07) is 6.94. The van der Waals surface area contributed by atoms with Crippen molar-refractivity contribution >= 4 is 40.4 Å². The zero-order valence-corrected chi connectivity index (χ0v) is 13.6. The molecule has 20 heavy (non-hydrogen) atoms. The van der Waals surface area contributed by atoms with Gasteiger partial charge in [-0.1, -0.05) is 37.0 Å². The molecule has 2 nitrogen and oxygen atoms in total. The summed E-state index contributed by atoms with van der Waals surface area (Å²) in [6.07, 6.45) is 0. The highest BCUT2D eigenvalue weighted by Gasteiger charge is 2.22. The first kappa shape index (κ1) is 15.4. The molecule has 0 saturated carbocycles. The van der Waals surface area contributed by atoms with Gasteiger partial charge in [-0.2, -0.15) is 11.3 Å². The molecule has 1 aromatic heterocycles. The molecule has 106 valence electrons. The molecule has 0 aliphatic carbocycles. The van der Waals surface area contributed by atoms with E-state index in [1.165, 1.54) is 5.56 Å². The zero-order valence-electron chi connectivity index (χ0n) is 11.2. The molecule has 0 fully saturated rings. The fourth-order valence-corrected chi connectivity index (χ4v) is 3.16. The van der Waals surface area contributed by atoms with Crippen LogP contribution < -0.4 is 5.32 Å². The second-order valence-electron chi connectivity index (χ2n) is 5.20. The molecule has 1 heterocycles. The summed E-state index contributed by atoms with van der Waals surface area (Å²) in [5.74, 6) is -0.185. The zero-order chi connectivity index (χ0) is 14.8. The van der Waals surface area contributed by atoms with Crippen LogP contribution in [0, 0.1) is 0 Å². The van der Waals surface area contributed by atoms with Crippen LogP contribution in [-0.4, -0.2) is 12.5 Å². The Morgan fingerprint density at radius 3 is 2.65 bits per heavy atom. The molecular formula is C15H15Cl2NOS. The van der Waals surface area contributed by atoms with Gasteiger partial charge in [-0.3, -0.25) is 4.79 Å². The number of benzene rings is 1. The van der Waals surface area contributed by atoms with Gasteiger partial charge in [0.1, 0.15) is 0 Å². The van der Waals surface area contributed by atoms with Gasteiger partial charge in [-0.05, 0) is 40.6 Å².